The van der Waals surface area contributed by atoms with Gasteiger partial charge in [0.15, 0.2) is 0 Å². The van der Waals surface area contributed by atoms with Gasteiger partial charge in [0.2, 0.25) is 0 Å². The molecule has 1 aromatic rings. The van der Waals surface area contributed by atoms with Gasteiger partial charge in [-0.25, -0.2) is 4.98 Å². The average Bonchev–Trinajstić information content (AvgIpc) is 2.65. The molecular weight excluding hydrogens is 188 g/mol. The molecule has 2 rings (SSSR count). The van der Waals surface area contributed by atoms with Crippen molar-refractivity contribution in [1.82, 2.24) is 10.3 Å². The van der Waals surface area contributed by atoms with Crippen LogP contribution < -0.4 is 10.6 Å². The molecule has 1 saturated heterocycles. The van der Waals surface area contributed by atoms with E-state index in [0.29, 0.717) is 5.69 Å². The number of nitriles is 1. The van der Waals surface area contributed by atoms with Crippen LogP contribution in [0.25, 0.3) is 0 Å². The van der Waals surface area contributed by atoms with Gasteiger partial charge in [-0.2, -0.15) is 5.26 Å². The first-order chi connectivity index (χ1) is 7.22. The smallest absolute Gasteiger partial charge is 0.142 e. The van der Waals surface area contributed by atoms with Crippen LogP contribution in [0.3, 0.4) is 0 Å². The molecule has 15 heavy (non-hydrogen) atoms. The van der Waals surface area contributed by atoms with Gasteiger partial charge in [-0.05, 0) is 32.0 Å². The summed E-state index contributed by atoms with van der Waals surface area (Å²) in [5.41, 5.74) is 1.51. The van der Waals surface area contributed by atoms with Crippen LogP contribution in [0.2, 0.25) is 0 Å². The Morgan fingerprint density at radius 3 is 3.20 bits per heavy atom. The highest BCUT2D eigenvalue weighted by Gasteiger charge is 2.27. The summed E-state index contributed by atoms with van der Waals surface area (Å²) < 4.78 is 0. The van der Waals surface area contributed by atoms with E-state index in [1.807, 2.05) is 12.1 Å². The minimum absolute atomic E-state index is 0.0913. The number of hydrogen-bond donors (Lipinski definition) is 2. The highest BCUT2D eigenvalue weighted by molar-refractivity contribution is 5.48. The summed E-state index contributed by atoms with van der Waals surface area (Å²) in [6, 6.07) is 5.71. The van der Waals surface area contributed by atoms with Crippen molar-refractivity contribution in [3.05, 3.63) is 24.0 Å². The Bertz CT molecular complexity index is 388. The third-order valence-corrected chi connectivity index (χ3v) is 2.69. The van der Waals surface area contributed by atoms with Crippen molar-refractivity contribution >= 4 is 5.69 Å². The lowest BCUT2D eigenvalue weighted by atomic mass is 10.0. The maximum Gasteiger partial charge on any atom is 0.142 e. The first-order valence-corrected chi connectivity index (χ1v) is 5.07. The zero-order valence-electron chi connectivity index (χ0n) is 8.75. The monoisotopic (exact) mass is 202 g/mol. The van der Waals surface area contributed by atoms with Crippen molar-refractivity contribution in [2.75, 3.05) is 18.4 Å². The first kappa shape index (κ1) is 9.94. The normalized spacial score (nSPS) is 24.8. The van der Waals surface area contributed by atoms with Crippen molar-refractivity contribution < 1.29 is 0 Å². The average molecular weight is 202 g/mol. The van der Waals surface area contributed by atoms with Gasteiger partial charge in [0, 0.05) is 24.0 Å². The van der Waals surface area contributed by atoms with Crippen molar-refractivity contribution in [2.24, 2.45) is 0 Å². The molecule has 1 unspecified atom stereocenters. The van der Waals surface area contributed by atoms with Crippen LogP contribution in [0.4, 0.5) is 5.69 Å². The fourth-order valence-electron chi connectivity index (χ4n) is 1.84. The van der Waals surface area contributed by atoms with Crippen molar-refractivity contribution in [2.45, 2.75) is 18.9 Å². The molecule has 1 fully saturated rings. The summed E-state index contributed by atoms with van der Waals surface area (Å²) in [6.07, 6.45) is 2.75. The van der Waals surface area contributed by atoms with Gasteiger partial charge in [-0.15, -0.1) is 0 Å². The lowest BCUT2D eigenvalue weighted by Gasteiger charge is -2.25. The maximum atomic E-state index is 8.73. The summed E-state index contributed by atoms with van der Waals surface area (Å²) in [5.74, 6) is 0. The zero-order valence-corrected chi connectivity index (χ0v) is 8.75. The highest BCUT2D eigenvalue weighted by atomic mass is 15.1. The van der Waals surface area contributed by atoms with E-state index in [4.69, 9.17) is 5.26 Å². The van der Waals surface area contributed by atoms with Gasteiger partial charge in [-0.1, -0.05) is 0 Å². The number of nitrogens with zero attached hydrogens (tertiary/aromatic N) is 2. The Morgan fingerprint density at radius 2 is 2.53 bits per heavy atom. The van der Waals surface area contributed by atoms with Crippen LogP contribution in [-0.4, -0.2) is 23.6 Å². The Morgan fingerprint density at radius 1 is 1.67 bits per heavy atom. The van der Waals surface area contributed by atoms with Gasteiger partial charge in [0.1, 0.15) is 11.8 Å². The highest BCUT2D eigenvalue weighted by Crippen LogP contribution is 2.20. The van der Waals surface area contributed by atoms with Crippen LogP contribution in [0.15, 0.2) is 18.3 Å². The minimum atomic E-state index is 0.0913. The number of rotatable bonds is 2. The second kappa shape index (κ2) is 3.87. The number of nitrogens with one attached hydrogen (secondary N) is 2. The van der Waals surface area contributed by atoms with Crippen LogP contribution in [0.5, 0.6) is 0 Å². The molecule has 0 radical (unpaired) electrons. The molecule has 1 aliphatic rings. The second-order valence-corrected chi connectivity index (χ2v) is 4.15. The van der Waals surface area contributed by atoms with Crippen LogP contribution in [0, 0.1) is 11.3 Å². The third kappa shape index (κ3) is 2.25. The molecular formula is C11H14N4. The molecule has 2 N–H and O–H groups in total. The van der Waals surface area contributed by atoms with Gasteiger partial charge in [0.05, 0.1) is 0 Å². The van der Waals surface area contributed by atoms with E-state index < -0.39 is 0 Å². The molecule has 4 heteroatoms. The minimum Gasteiger partial charge on any atom is -0.378 e. The lowest BCUT2D eigenvalue weighted by molar-refractivity contribution is 0.567. The Labute approximate surface area is 89.3 Å². The van der Waals surface area contributed by atoms with Crippen LogP contribution >= 0.6 is 0 Å². The first-order valence-electron chi connectivity index (χ1n) is 5.07. The second-order valence-electron chi connectivity index (χ2n) is 4.15. The molecule has 78 valence electrons. The van der Waals surface area contributed by atoms with E-state index in [1.165, 1.54) is 0 Å². The summed E-state index contributed by atoms with van der Waals surface area (Å²) in [6.45, 7) is 4.18. The molecule has 0 saturated carbocycles. The molecule has 0 spiro atoms. The van der Waals surface area contributed by atoms with E-state index >= 15 is 0 Å². The molecule has 0 aliphatic carbocycles. The number of anilines is 1. The fourth-order valence-corrected chi connectivity index (χ4v) is 1.84. The largest absolute Gasteiger partial charge is 0.378 e. The topological polar surface area (TPSA) is 60.7 Å². The quantitative estimate of drug-likeness (QED) is 0.754. The van der Waals surface area contributed by atoms with Gasteiger partial charge < -0.3 is 10.6 Å². The van der Waals surface area contributed by atoms with E-state index in [1.54, 1.807) is 12.3 Å². The van der Waals surface area contributed by atoms with E-state index in [9.17, 15) is 0 Å². The summed E-state index contributed by atoms with van der Waals surface area (Å²) >= 11 is 0. The Kier molecular flexibility index (Phi) is 2.57. The standard InChI is InChI=1S/C11H14N4/c1-11(3-5-13-8-11)15-9-2-4-14-10(6-9)7-12/h2,4,6,13H,3,5,8H2,1H3,(H,14,15). The van der Waals surface area contributed by atoms with Crippen LogP contribution in [-0.2, 0) is 0 Å². The predicted molar refractivity (Wildman–Crippen MR) is 58.5 cm³/mol. The van der Waals surface area contributed by atoms with Crippen molar-refractivity contribution in [3.8, 4) is 6.07 Å². The molecule has 0 aromatic carbocycles. The van der Waals surface area contributed by atoms with Gasteiger partial charge in [0.25, 0.3) is 0 Å². The Balaban J connectivity index is 2.13. The van der Waals surface area contributed by atoms with E-state index in [2.05, 4.69) is 22.5 Å². The van der Waals surface area contributed by atoms with Crippen molar-refractivity contribution in [3.63, 3.8) is 0 Å². The molecule has 0 bridgehead atoms. The SMILES string of the molecule is CC1(Nc2ccnc(C#N)c2)CCNC1. The van der Waals surface area contributed by atoms with Gasteiger partial charge >= 0.3 is 0 Å². The van der Waals surface area contributed by atoms with E-state index in [-0.39, 0.29) is 5.54 Å². The summed E-state index contributed by atoms with van der Waals surface area (Å²) in [7, 11) is 0. The fraction of sp³-hybridized carbons (Fsp3) is 0.455. The maximum absolute atomic E-state index is 8.73. The van der Waals surface area contributed by atoms with E-state index in [0.717, 1.165) is 25.2 Å². The van der Waals surface area contributed by atoms with Crippen molar-refractivity contribution in [1.29, 1.82) is 5.26 Å². The molecule has 2 heterocycles. The van der Waals surface area contributed by atoms with Gasteiger partial charge in [-0.3, -0.25) is 0 Å². The third-order valence-electron chi connectivity index (χ3n) is 2.69. The number of aromatic nitrogens is 1. The summed E-state index contributed by atoms with van der Waals surface area (Å²) in [5, 5.41) is 15.5. The lowest BCUT2D eigenvalue weighted by Crippen LogP contribution is -2.36. The molecule has 1 atom stereocenters. The zero-order chi connectivity index (χ0) is 10.7. The molecule has 1 aliphatic heterocycles. The molecule has 4 nitrogen and oxygen atoms in total. The number of hydrogen-bond acceptors (Lipinski definition) is 4. The molecule has 1 aromatic heterocycles. The predicted octanol–water partition coefficient (Wildman–Crippen LogP) is 1.12. The molecule has 0 amide bonds. The Hall–Kier alpha value is -1.60. The number of pyridine rings is 1. The summed E-state index contributed by atoms with van der Waals surface area (Å²) in [4.78, 5) is 3.94. The van der Waals surface area contributed by atoms with Crippen LogP contribution in [0.1, 0.15) is 19.0 Å².